The molecule has 1 unspecified atom stereocenters. The lowest BCUT2D eigenvalue weighted by Crippen LogP contribution is -2.30. The van der Waals surface area contributed by atoms with Crippen LogP contribution in [0.15, 0.2) is 134 Å². The highest BCUT2D eigenvalue weighted by molar-refractivity contribution is 5.71. The molecule has 0 bridgehead atoms. The number of hydrogen-bond donors (Lipinski definition) is 0. The zero-order valence-electron chi connectivity index (χ0n) is 50.6. The van der Waals surface area contributed by atoms with Crippen LogP contribution in [0, 0.1) is 0 Å². The normalized spacial score (nSPS) is 13.0. The highest BCUT2D eigenvalue weighted by atomic mass is 16.6. The Labute approximate surface area is 481 Å². The van der Waals surface area contributed by atoms with Gasteiger partial charge in [0, 0.05) is 19.3 Å². The fourth-order valence-electron chi connectivity index (χ4n) is 8.61. The summed E-state index contributed by atoms with van der Waals surface area (Å²) in [7, 11) is 0. The molecule has 1 atom stereocenters. The molecule has 0 aliphatic rings. The van der Waals surface area contributed by atoms with Crippen LogP contribution in [-0.2, 0) is 28.6 Å². The molecule has 0 saturated carbocycles. The standard InChI is InChI=1S/C72H118O6/c1-4-7-10-13-16-19-22-25-28-30-32-34-35-36-37-39-40-42-44-47-50-53-56-59-62-65-71(74)77-68-69(67-76-70(73)64-61-58-55-52-49-46-27-24-21-18-15-12-9-6-3)78-72(75)66-63-60-57-54-51-48-45-43-41-38-33-31-29-26-23-20-17-14-11-8-5-2/h7-8,10-11,16-17,19-20,24-29,32-34,38,43,45,51,54,69H,4-6,9,12-15,18,21-23,30-31,35-37,39-42,44,46-50,52-53,55-68H2,1-3H3/b10-7-,11-8-,19-16-,20-17-,27-24-,28-25-,29-26-,34-32-,38-33-,45-43-,54-51-. The molecule has 6 heteroatoms. The molecule has 0 saturated heterocycles. The smallest absolute Gasteiger partial charge is 0.306 e. The van der Waals surface area contributed by atoms with E-state index in [1.807, 2.05) is 0 Å². The van der Waals surface area contributed by atoms with E-state index in [9.17, 15) is 14.4 Å². The Bertz CT molecular complexity index is 1670. The van der Waals surface area contributed by atoms with Crippen molar-refractivity contribution in [2.75, 3.05) is 13.2 Å². The summed E-state index contributed by atoms with van der Waals surface area (Å²) in [5.41, 5.74) is 0. The summed E-state index contributed by atoms with van der Waals surface area (Å²) in [6.07, 6.45) is 91.7. The van der Waals surface area contributed by atoms with Gasteiger partial charge in [0.05, 0.1) is 0 Å². The van der Waals surface area contributed by atoms with Gasteiger partial charge in [-0.25, -0.2) is 0 Å². The minimum Gasteiger partial charge on any atom is -0.462 e. The zero-order valence-corrected chi connectivity index (χ0v) is 50.6. The van der Waals surface area contributed by atoms with Crippen LogP contribution in [0.25, 0.3) is 0 Å². The Morgan fingerprint density at radius 3 is 0.821 bits per heavy atom. The van der Waals surface area contributed by atoms with Gasteiger partial charge >= 0.3 is 17.9 Å². The van der Waals surface area contributed by atoms with Crippen LogP contribution in [0.4, 0.5) is 0 Å². The van der Waals surface area contributed by atoms with E-state index in [0.717, 1.165) is 128 Å². The molecule has 0 spiro atoms. The molecule has 442 valence electrons. The van der Waals surface area contributed by atoms with E-state index in [2.05, 4.69) is 154 Å². The Morgan fingerprint density at radius 2 is 0.500 bits per heavy atom. The lowest BCUT2D eigenvalue weighted by molar-refractivity contribution is -0.167. The largest absolute Gasteiger partial charge is 0.462 e. The van der Waals surface area contributed by atoms with Gasteiger partial charge in [0.1, 0.15) is 13.2 Å². The molecule has 0 aliphatic heterocycles. The molecule has 0 aromatic rings. The summed E-state index contributed by atoms with van der Waals surface area (Å²) >= 11 is 0. The van der Waals surface area contributed by atoms with Crippen molar-refractivity contribution in [3.63, 3.8) is 0 Å². The second kappa shape index (κ2) is 65.1. The number of hydrogen-bond acceptors (Lipinski definition) is 6. The third-order valence-electron chi connectivity index (χ3n) is 13.4. The van der Waals surface area contributed by atoms with Crippen LogP contribution < -0.4 is 0 Å². The number of unbranched alkanes of at least 4 members (excludes halogenated alkanes) is 24. The molecule has 0 heterocycles. The first-order valence-electron chi connectivity index (χ1n) is 32.2. The van der Waals surface area contributed by atoms with Crippen LogP contribution in [-0.4, -0.2) is 37.2 Å². The SMILES string of the molecule is CC/C=C\C/C=C\C/C=C\C/C=C\C/C=C\C/C=C\CCCCC(=O)OC(COC(=O)CCCCCCC/C=C\CCCCCCC)COC(=O)CCCCCCCCCCCCCC/C=C\C/C=C\C/C=C\C/C=C\CC. The predicted octanol–water partition coefficient (Wildman–Crippen LogP) is 22.2. The summed E-state index contributed by atoms with van der Waals surface area (Å²) < 4.78 is 16.9. The number of esters is 3. The fraction of sp³-hybridized carbons (Fsp3) is 0.653. The molecule has 6 nitrogen and oxygen atoms in total. The summed E-state index contributed by atoms with van der Waals surface area (Å²) in [6.45, 7) is 6.37. The number of allylic oxidation sites excluding steroid dienone is 22. The molecule has 0 radical (unpaired) electrons. The highest BCUT2D eigenvalue weighted by Gasteiger charge is 2.19. The topological polar surface area (TPSA) is 78.9 Å². The van der Waals surface area contributed by atoms with Gasteiger partial charge in [-0.2, -0.15) is 0 Å². The van der Waals surface area contributed by atoms with Crippen LogP contribution in [0.1, 0.15) is 284 Å². The lowest BCUT2D eigenvalue weighted by Gasteiger charge is -2.18. The maximum Gasteiger partial charge on any atom is 0.306 e. The van der Waals surface area contributed by atoms with Crippen LogP contribution in [0.3, 0.4) is 0 Å². The predicted molar refractivity (Wildman–Crippen MR) is 339 cm³/mol. The monoisotopic (exact) mass is 1080 g/mol. The van der Waals surface area contributed by atoms with Crippen molar-refractivity contribution in [3.8, 4) is 0 Å². The zero-order chi connectivity index (χ0) is 56.4. The fourth-order valence-corrected chi connectivity index (χ4v) is 8.61. The molecule has 0 aromatic carbocycles. The quantitative estimate of drug-likeness (QED) is 0.0261. The van der Waals surface area contributed by atoms with Gasteiger partial charge in [-0.15, -0.1) is 0 Å². The van der Waals surface area contributed by atoms with Crippen LogP contribution in [0.2, 0.25) is 0 Å². The minimum absolute atomic E-state index is 0.102. The van der Waals surface area contributed by atoms with E-state index in [-0.39, 0.29) is 37.5 Å². The van der Waals surface area contributed by atoms with Gasteiger partial charge in [0.25, 0.3) is 0 Å². The molecule has 0 fully saturated rings. The summed E-state index contributed by atoms with van der Waals surface area (Å²) in [6, 6.07) is 0. The van der Waals surface area contributed by atoms with Gasteiger partial charge in [-0.1, -0.05) is 264 Å². The van der Waals surface area contributed by atoms with E-state index < -0.39 is 6.10 Å². The number of ether oxygens (including phenoxy) is 3. The summed E-state index contributed by atoms with van der Waals surface area (Å²) in [4.78, 5) is 38.3. The van der Waals surface area contributed by atoms with Gasteiger partial charge in [0.15, 0.2) is 6.10 Å². The van der Waals surface area contributed by atoms with E-state index in [1.54, 1.807) is 0 Å². The van der Waals surface area contributed by atoms with Crippen molar-refractivity contribution in [2.24, 2.45) is 0 Å². The number of carbonyl (C=O) groups is 3. The number of carbonyl (C=O) groups excluding carboxylic acids is 3. The molecule has 0 rings (SSSR count). The highest BCUT2D eigenvalue weighted by Crippen LogP contribution is 2.15. The maximum absolute atomic E-state index is 12.9. The first-order chi connectivity index (χ1) is 38.5. The second-order valence-electron chi connectivity index (χ2n) is 20.9. The molecule has 0 amide bonds. The van der Waals surface area contributed by atoms with Gasteiger partial charge in [-0.3, -0.25) is 14.4 Å². The van der Waals surface area contributed by atoms with E-state index in [1.165, 1.54) is 109 Å². The van der Waals surface area contributed by atoms with Crippen molar-refractivity contribution in [2.45, 2.75) is 290 Å². The van der Waals surface area contributed by atoms with Crippen LogP contribution in [0.5, 0.6) is 0 Å². The second-order valence-corrected chi connectivity index (χ2v) is 20.9. The van der Waals surface area contributed by atoms with Gasteiger partial charge < -0.3 is 14.2 Å². The molecular weight excluding hydrogens is 961 g/mol. The Hall–Kier alpha value is -4.45. The molecule has 78 heavy (non-hydrogen) atoms. The van der Waals surface area contributed by atoms with Crippen molar-refractivity contribution in [3.05, 3.63) is 134 Å². The van der Waals surface area contributed by atoms with E-state index in [4.69, 9.17) is 14.2 Å². The Balaban J connectivity index is 4.43. The minimum atomic E-state index is -0.811. The Kier molecular flexibility index (Phi) is 61.4. The van der Waals surface area contributed by atoms with Crippen molar-refractivity contribution in [1.29, 1.82) is 0 Å². The third-order valence-corrected chi connectivity index (χ3v) is 13.4. The number of rotatable bonds is 57. The molecule has 0 aliphatic carbocycles. The molecule has 0 aromatic heterocycles. The van der Waals surface area contributed by atoms with E-state index in [0.29, 0.717) is 19.3 Å². The Morgan fingerprint density at radius 1 is 0.269 bits per heavy atom. The lowest BCUT2D eigenvalue weighted by atomic mass is 10.0. The van der Waals surface area contributed by atoms with E-state index >= 15 is 0 Å². The van der Waals surface area contributed by atoms with Crippen molar-refractivity contribution >= 4 is 17.9 Å². The average Bonchev–Trinajstić information content (AvgIpc) is 3.44. The van der Waals surface area contributed by atoms with Gasteiger partial charge in [-0.05, 0) is 135 Å². The maximum atomic E-state index is 12.9. The molecule has 0 N–H and O–H groups in total. The van der Waals surface area contributed by atoms with Crippen molar-refractivity contribution in [1.82, 2.24) is 0 Å². The van der Waals surface area contributed by atoms with Crippen molar-refractivity contribution < 1.29 is 28.6 Å². The summed E-state index contributed by atoms with van der Waals surface area (Å²) in [5, 5.41) is 0. The first-order valence-corrected chi connectivity index (χ1v) is 32.2. The first kappa shape index (κ1) is 73.5. The average molecular weight is 1080 g/mol. The van der Waals surface area contributed by atoms with Crippen LogP contribution >= 0.6 is 0 Å². The third kappa shape index (κ3) is 62.4. The summed E-state index contributed by atoms with van der Waals surface area (Å²) in [5.74, 6) is -0.954. The van der Waals surface area contributed by atoms with Gasteiger partial charge in [0.2, 0.25) is 0 Å². The molecular formula is C72H118O6.